The van der Waals surface area contributed by atoms with E-state index < -0.39 is 17.7 Å². The average molecular weight is 489 g/mol. The molecule has 4 N–H and O–H groups in total. The largest absolute Gasteiger partial charge is 0.478 e. The Labute approximate surface area is 206 Å². The normalized spacial score (nSPS) is 12.2. The van der Waals surface area contributed by atoms with Crippen LogP contribution in [0.5, 0.6) is 0 Å². The summed E-state index contributed by atoms with van der Waals surface area (Å²) in [6.45, 7) is 1.84. The van der Waals surface area contributed by atoms with Gasteiger partial charge in [0.25, 0.3) is 0 Å². The van der Waals surface area contributed by atoms with Gasteiger partial charge in [-0.2, -0.15) is 18.4 Å². The smallest absolute Gasteiger partial charge is 0.416 e. The molecule has 0 fully saturated rings. The van der Waals surface area contributed by atoms with Crippen molar-refractivity contribution in [2.75, 3.05) is 5.73 Å². The number of allylic oxidation sites excluding steroid dienone is 1. The molecule has 0 heterocycles. The first-order chi connectivity index (χ1) is 17.1. The molecular formula is C28H22F3N3O2. The fraction of sp³-hybridized carbons (Fsp3) is 0.107. The van der Waals surface area contributed by atoms with Gasteiger partial charge < -0.3 is 16.2 Å². The second-order valence-corrected chi connectivity index (χ2v) is 7.86. The summed E-state index contributed by atoms with van der Waals surface area (Å²) >= 11 is 0. The maximum absolute atomic E-state index is 13.3. The van der Waals surface area contributed by atoms with Crippen LogP contribution >= 0.6 is 0 Å². The van der Waals surface area contributed by atoms with E-state index in [1.165, 1.54) is 12.1 Å². The Balaban J connectivity index is 2.32. The SMILES string of the molecule is CC/C(=C(/c1ccc(/C=C/C(=O)O)cc1)c1ccc(N)c(C=N)c1)c1ccc(C(F)(F)F)cc1C#N. The number of nitrogens with two attached hydrogens (primary N) is 1. The van der Waals surface area contributed by atoms with Crippen LogP contribution in [0.4, 0.5) is 18.9 Å². The highest BCUT2D eigenvalue weighted by atomic mass is 19.4. The van der Waals surface area contributed by atoms with E-state index in [9.17, 15) is 23.2 Å². The standard InChI is InChI=1S/C28H22F3N3O2/c1-2-23(24-10-9-22(28(29,30)31)14-20(24)15-32)27(19-8-11-25(34)21(13-19)16-33)18-6-3-17(4-7-18)5-12-26(35)36/h3-14,16,33H,2,34H2,1H3,(H,35,36)/b12-5+,27-23+,33-16?. The number of carboxylic acids is 1. The van der Waals surface area contributed by atoms with Gasteiger partial charge in [0.05, 0.1) is 17.2 Å². The van der Waals surface area contributed by atoms with E-state index in [1.807, 2.05) is 13.0 Å². The monoisotopic (exact) mass is 489 g/mol. The van der Waals surface area contributed by atoms with Crippen LogP contribution in [0.2, 0.25) is 0 Å². The van der Waals surface area contributed by atoms with Crippen LogP contribution in [0, 0.1) is 16.7 Å². The van der Waals surface area contributed by atoms with Gasteiger partial charge in [0.1, 0.15) is 0 Å². The zero-order valence-corrected chi connectivity index (χ0v) is 19.2. The van der Waals surface area contributed by atoms with Crippen molar-refractivity contribution in [2.24, 2.45) is 0 Å². The Morgan fingerprint density at radius 3 is 2.31 bits per heavy atom. The number of benzene rings is 3. The molecule has 0 amide bonds. The van der Waals surface area contributed by atoms with Crippen molar-refractivity contribution >= 4 is 35.1 Å². The molecule has 0 radical (unpaired) electrons. The first kappa shape index (κ1) is 26.0. The molecule has 0 atom stereocenters. The fourth-order valence-corrected chi connectivity index (χ4v) is 3.88. The van der Waals surface area contributed by atoms with Crippen LogP contribution in [0.25, 0.3) is 17.2 Å². The Bertz CT molecular complexity index is 1410. The van der Waals surface area contributed by atoms with E-state index in [0.717, 1.165) is 24.4 Å². The molecule has 0 aliphatic heterocycles. The maximum atomic E-state index is 13.3. The second-order valence-electron chi connectivity index (χ2n) is 7.86. The molecule has 8 heteroatoms. The van der Waals surface area contributed by atoms with Gasteiger partial charge in [-0.3, -0.25) is 0 Å². The minimum absolute atomic E-state index is 0.108. The summed E-state index contributed by atoms with van der Waals surface area (Å²) in [5.74, 6) is -1.08. The summed E-state index contributed by atoms with van der Waals surface area (Å²) in [6.07, 6.45) is -0.629. The Kier molecular flexibility index (Phi) is 7.75. The van der Waals surface area contributed by atoms with Crippen molar-refractivity contribution in [3.8, 4) is 6.07 Å². The van der Waals surface area contributed by atoms with Crippen LogP contribution in [0.15, 0.2) is 66.7 Å². The van der Waals surface area contributed by atoms with Crippen molar-refractivity contribution in [1.29, 1.82) is 10.7 Å². The van der Waals surface area contributed by atoms with Crippen molar-refractivity contribution in [2.45, 2.75) is 19.5 Å². The van der Waals surface area contributed by atoms with Gasteiger partial charge in [0, 0.05) is 23.5 Å². The molecule has 3 aromatic carbocycles. The molecule has 0 saturated carbocycles. The van der Waals surface area contributed by atoms with Gasteiger partial charge >= 0.3 is 12.1 Å². The molecule has 0 aliphatic rings. The number of nitrogens with zero attached hydrogens (tertiary/aromatic N) is 1. The number of nitrogens with one attached hydrogen (secondary N) is 1. The third-order valence-corrected chi connectivity index (χ3v) is 5.60. The van der Waals surface area contributed by atoms with Crippen LogP contribution in [0.1, 0.15) is 52.3 Å². The van der Waals surface area contributed by atoms with Crippen molar-refractivity contribution < 1.29 is 23.1 Å². The summed E-state index contributed by atoms with van der Waals surface area (Å²) in [4.78, 5) is 10.8. The molecule has 3 aromatic rings. The molecule has 0 unspecified atom stereocenters. The number of rotatable bonds is 7. The molecular weight excluding hydrogens is 467 g/mol. The van der Waals surface area contributed by atoms with Gasteiger partial charge in [0.15, 0.2) is 0 Å². The minimum Gasteiger partial charge on any atom is -0.478 e. The predicted octanol–water partition coefficient (Wildman–Crippen LogP) is 6.62. The van der Waals surface area contributed by atoms with E-state index in [4.69, 9.17) is 16.2 Å². The quantitative estimate of drug-likeness (QED) is 0.150. The Morgan fingerprint density at radius 1 is 1.08 bits per heavy atom. The van der Waals surface area contributed by atoms with Gasteiger partial charge in [-0.25, -0.2) is 4.79 Å². The first-order valence-corrected chi connectivity index (χ1v) is 10.9. The number of nitriles is 1. The van der Waals surface area contributed by atoms with Crippen LogP contribution in [-0.2, 0) is 11.0 Å². The summed E-state index contributed by atoms with van der Waals surface area (Å²) in [5.41, 5.74) is 9.47. The lowest BCUT2D eigenvalue weighted by atomic mass is 9.85. The third-order valence-electron chi connectivity index (χ3n) is 5.60. The van der Waals surface area contributed by atoms with Crippen molar-refractivity contribution in [3.63, 3.8) is 0 Å². The molecule has 0 aliphatic carbocycles. The summed E-state index contributed by atoms with van der Waals surface area (Å²) in [7, 11) is 0. The van der Waals surface area contributed by atoms with E-state index in [0.29, 0.717) is 51.1 Å². The van der Waals surface area contributed by atoms with Crippen LogP contribution in [0.3, 0.4) is 0 Å². The number of alkyl halides is 3. The molecule has 0 spiro atoms. The summed E-state index contributed by atoms with van der Waals surface area (Å²) in [5, 5.41) is 26.2. The Morgan fingerprint density at radius 2 is 1.75 bits per heavy atom. The number of nitrogen functional groups attached to an aromatic ring is 1. The van der Waals surface area contributed by atoms with E-state index in [2.05, 4.69) is 0 Å². The minimum atomic E-state index is -4.59. The molecule has 5 nitrogen and oxygen atoms in total. The number of carbonyl (C=O) groups is 1. The van der Waals surface area contributed by atoms with Gasteiger partial charge in [0.2, 0.25) is 0 Å². The molecule has 0 aromatic heterocycles. The third kappa shape index (κ3) is 5.70. The van der Waals surface area contributed by atoms with E-state index in [-0.39, 0.29) is 5.56 Å². The number of hydrogen-bond acceptors (Lipinski definition) is 4. The second kappa shape index (κ2) is 10.7. The number of hydrogen-bond donors (Lipinski definition) is 3. The molecule has 0 saturated heterocycles. The summed E-state index contributed by atoms with van der Waals surface area (Å²) in [6, 6.07) is 17.1. The maximum Gasteiger partial charge on any atom is 0.416 e. The number of aliphatic carboxylic acids is 1. The molecule has 0 bridgehead atoms. The highest BCUT2D eigenvalue weighted by Gasteiger charge is 2.31. The highest BCUT2D eigenvalue weighted by molar-refractivity contribution is 6.01. The average Bonchev–Trinajstić information content (AvgIpc) is 2.86. The topological polar surface area (TPSA) is 111 Å². The molecule has 182 valence electrons. The Hall–Kier alpha value is -4.64. The number of halogens is 3. The lowest BCUT2D eigenvalue weighted by Gasteiger charge is -2.19. The molecule has 3 rings (SSSR count). The zero-order valence-electron chi connectivity index (χ0n) is 19.2. The zero-order chi connectivity index (χ0) is 26.5. The lowest BCUT2D eigenvalue weighted by molar-refractivity contribution is -0.137. The highest BCUT2D eigenvalue weighted by Crippen LogP contribution is 2.38. The summed E-state index contributed by atoms with van der Waals surface area (Å²) < 4.78 is 39.8. The van der Waals surface area contributed by atoms with Gasteiger partial charge in [-0.05, 0) is 70.2 Å². The van der Waals surface area contributed by atoms with Crippen LogP contribution < -0.4 is 5.73 Å². The van der Waals surface area contributed by atoms with Crippen molar-refractivity contribution in [3.05, 3.63) is 106 Å². The first-order valence-electron chi connectivity index (χ1n) is 10.9. The molecule has 36 heavy (non-hydrogen) atoms. The van der Waals surface area contributed by atoms with Crippen molar-refractivity contribution in [1.82, 2.24) is 0 Å². The number of anilines is 1. The van der Waals surface area contributed by atoms with Gasteiger partial charge in [-0.15, -0.1) is 0 Å². The fourth-order valence-electron chi connectivity index (χ4n) is 3.88. The predicted molar refractivity (Wildman–Crippen MR) is 134 cm³/mol. The number of carboxylic acid groups (broad SMARTS) is 1. The van der Waals surface area contributed by atoms with E-state index in [1.54, 1.807) is 42.5 Å². The van der Waals surface area contributed by atoms with E-state index >= 15 is 0 Å². The van der Waals surface area contributed by atoms with Gasteiger partial charge in [-0.1, -0.05) is 43.3 Å². The lowest BCUT2D eigenvalue weighted by Crippen LogP contribution is -2.06. The van der Waals surface area contributed by atoms with Crippen LogP contribution in [-0.4, -0.2) is 17.3 Å².